The summed E-state index contributed by atoms with van der Waals surface area (Å²) < 4.78 is 1.06. The van der Waals surface area contributed by atoms with Crippen molar-refractivity contribution in [2.24, 2.45) is 0 Å². The molecule has 0 fully saturated rings. The van der Waals surface area contributed by atoms with Crippen LogP contribution < -0.4 is 10.2 Å². The monoisotopic (exact) mass is 502 g/mol. The van der Waals surface area contributed by atoms with Gasteiger partial charge in [0, 0.05) is 22.3 Å². The Kier molecular flexibility index (Phi) is 9.02. The van der Waals surface area contributed by atoms with Crippen molar-refractivity contribution in [1.82, 2.24) is 9.97 Å². The summed E-state index contributed by atoms with van der Waals surface area (Å²) in [6, 6.07) is 14.5. The van der Waals surface area contributed by atoms with Crippen molar-refractivity contribution < 1.29 is 10.2 Å². The van der Waals surface area contributed by atoms with Gasteiger partial charge in [0.25, 0.3) is 0 Å². The number of halogens is 2. The number of quaternary nitrogens is 2. The summed E-state index contributed by atoms with van der Waals surface area (Å²) in [4.78, 5) is 11.3. The number of hydrogen-bond acceptors (Lipinski definition) is 2. The normalized spacial score (nSPS) is 12.8. The van der Waals surface area contributed by atoms with Crippen LogP contribution in [0.3, 0.4) is 0 Å². The highest BCUT2D eigenvalue weighted by molar-refractivity contribution is 9.10. The topological polar surface area (TPSA) is 46.8 Å². The molecule has 6 heteroatoms. The molecular formula is C25H32BrClN4+2. The molecule has 1 atom stereocenters. The van der Waals surface area contributed by atoms with Crippen LogP contribution in [0.25, 0.3) is 23.1 Å². The van der Waals surface area contributed by atoms with Crippen molar-refractivity contribution in [2.75, 3.05) is 19.6 Å². The number of benzene rings is 2. The second-order valence-corrected chi connectivity index (χ2v) is 9.36. The SMILES string of the molecule is CC[NH+](CC)CCCC(C)[NH2+]c1nc(C=Cc2ccc(Br)cc2)nc2cc(Cl)ccc12. The van der Waals surface area contributed by atoms with Crippen LogP contribution in [0.5, 0.6) is 0 Å². The van der Waals surface area contributed by atoms with Crippen molar-refractivity contribution in [1.29, 1.82) is 0 Å². The van der Waals surface area contributed by atoms with Crippen molar-refractivity contribution in [3.63, 3.8) is 0 Å². The number of nitrogens with one attached hydrogen (secondary N) is 1. The van der Waals surface area contributed by atoms with E-state index in [0.717, 1.165) is 33.2 Å². The summed E-state index contributed by atoms with van der Waals surface area (Å²) in [5.74, 6) is 1.68. The van der Waals surface area contributed by atoms with Crippen LogP contribution in [0.15, 0.2) is 46.9 Å². The molecule has 0 bridgehead atoms. The first-order valence-electron chi connectivity index (χ1n) is 11.1. The fourth-order valence-corrected chi connectivity index (χ4v) is 4.15. The average Bonchev–Trinajstić information content (AvgIpc) is 2.76. The van der Waals surface area contributed by atoms with E-state index in [2.05, 4.69) is 54.2 Å². The first kappa shape index (κ1) is 23.9. The molecule has 3 N–H and O–H groups in total. The lowest BCUT2D eigenvalue weighted by Gasteiger charge is -2.16. The lowest BCUT2D eigenvalue weighted by Crippen LogP contribution is -3.11. The molecule has 0 amide bonds. The van der Waals surface area contributed by atoms with Crippen LogP contribution in [0.1, 0.15) is 45.0 Å². The molecule has 164 valence electrons. The predicted octanol–water partition coefficient (Wildman–Crippen LogP) is 4.50. The minimum absolute atomic E-state index is 0.451. The maximum absolute atomic E-state index is 6.25. The summed E-state index contributed by atoms with van der Waals surface area (Å²) in [5, 5.41) is 4.02. The third-order valence-corrected chi connectivity index (χ3v) is 6.40. The van der Waals surface area contributed by atoms with Crippen LogP contribution in [-0.4, -0.2) is 35.6 Å². The van der Waals surface area contributed by atoms with Gasteiger partial charge in [-0.25, -0.2) is 4.98 Å². The molecule has 0 aliphatic heterocycles. The van der Waals surface area contributed by atoms with Gasteiger partial charge in [0.1, 0.15) is 0 Å². The van der Waals surface area contributed by atoms with Crippen LogP contribution in [0.4, 0.5) is 5.82 Å². The second-order valence-electron chi connectivity index (χ2n) is 8.01. The van der Waals surface area contributed by atoms with Crippen molar-refractivity contribution in [3.05, 3.63) is 63.3 Å². The van der Waals surface area contributed by atoms with Gasteiger partial charge in [-0.05, 0) is 62.7 Å². The minimum atomic E-state index is 0.451. The van der Waals surface area contributed by atoms with Gasteiger partial charge >= 0.3 is 0 Å². The van der Waals surface area contributed by atoms with Gasteiger partial charge in [0.2, 0.25) is 5.82 Å². The zero-order valence-electron chi connectivity index (χ0n) is 18.5. The summed E-state index contributed by atoms with van der Waals surface area (Å²) in [6.45, 7) is 10.4. The van der Waals surface area contributed by atoms with E-state index in [9.17, 15) is 0 Å². The summed E-state index contributed by atoms with van der Waals surface area (Å²) in [6.07, 6.45) is 6.39. The highest BCUT2D eigenvalue weighted by Gasteiger charge is 2.15. The number of fused-ring (bicyclic) bond motifs is 1. The standard InChI is InChI=1S/C25H30BrClN4/c1-4-31(5-2)16-6-7-18(3)28-25-22-14-13-21(27)17-23(22)29-24(30-25)15-10-19-8-11-20(26)12-9-19/h8-15,17-18H,4-7,16H2,1-3H3,(H,28,29,30)/p+2. The molecule has 1 unspecified atom stereocenters. The van der Waals surface area contributed by atoms with Crippen LogP contribution in [0.2, 0.25) is 5.02 Å². The first-order chi connectivity index (χ1) is 15.0. The molecule has 0 spiro atoms. The number of nitrogens with zero attached hydrogens (tertiary/aromatic N) is 2. The Morgan fingerprint density at radius 3 is 2.52 bits per heavy atom. The molecule has 3 rings (SSSR count). The van der Waals surface area contributed by atoms with E-state index >= 15 is 0 Å². The van der Waals surface area contributed by atoms with Gasteiger partial charge in [-0.1, -0.05) is 45.7 Å². The van der Waals surface area contributed by atoms with Gasteiger partial charge < -0.3 is 4.90 Å². The highest BCUT2D eigenvalue weighted by Crippen LogP contribution is 2.22. The largest absolute Gasteiger partial charge is 0.335 e. The molecule has 0 aliphatic carbocycles. The maximum atomic E-state index is 6.25. The maximum Gasteiger partial charge on any atom is 0.236 e. The molecule has 2 aromatic carbocycles. The zero-order chi connectivity index (χ0) is 22.2. The molecule has 3 aromatic rings. The number of aromatic nitrogens is 2. The summed E-state index contributed by atoms with van der Waals surface area (Å²) >= 11 is 9.72. The highest BCUT2D eigenvalue weighted by atomic mass is 79.9. The molecule has 31 heavy (non-hydrogen) atoms. The number of hydrogen-bond donors (Lipinski definition) is 2. The van der Waals surface area contributed by atoms with E-state index in [1.165, 1.54) is 26.1 Å². The smallest absolute Gasteiger partial charge is 0.236 e. The molecule has 0 saturated heterocycles. The van der Waals surface area contributed by atoms with E-state index < -0.39 is 0 Å². The van der Waals surface area contributed by atoms with E-state index in [0.29, 0.717) is 16.9 Å². The van der Waals surface area contributed by atoms with E-state index in [1.807, 2.05) is 42.5 Å². The second kappa shape index (κ2) is 11.7. The van der Waals surface area contributed by atoms with Gasteiger partial charge in [-0.3, -0.25) is 5.32 Å². The van der Waals surface area contributed by atoms with Crippen molar-refractivity contribution >= 4 is 56.4 Å². The van der Waals surface area contributed by atoms with E-state index in [4.69, 9.17) is 21.6 Å². The van der Waals surface area contributed by atoms with Gasteiger partial charge in [0.05, 0.1) is 36.6 Å². The minimum Gasteiger partial charge on any atom is -0.335 e. The molecule has 0 radical (unpaired) electrons. The molecule has 4 nitrogen and oxygen atoms in total. The molecule has 1 heterocycles. The molecule has 1 aromatic heterocycles. The van der Waals surface area contributed by atoms with E-state index in [1.54, 1.807) is 4.90 Å². The zero-order valence-corrected chi connectivity index (χ0v) is 20.9. The van der Waals surface area contributed by atoms with E-state index in [-0.39, 0.29) is 0 Å². The fraction of sp³-hybridized carbons (Fsp3) is 0.360. The third-order valence-electron chi connectivity index (χ3n) is 5.63. The first-order valence-corrected chi connectivity index (χ1v) is 12.2. The Morgan fingerprint density at radius 2 is 1.81 bits per heavy atom. The number of nitrogens with two attached hydrogens (primary N) is 1. The molecular weight excluding hydrogens is 472 g/mol. The molecule has 0 aliphatic rings. The van der Waals surface area contributed by atoms with Crippen LogP contribution >= 0.6 is 27.5 Å². The summed E-state index contributed by atoms with van der Waals surface area (Å²) in [5.41, 5.74) is 1.99. The number of rotatable bonds is 10. The average molecular weight is 504 g/mol. The van der Waals surface area contributed by atoms with Gasteiger partial charge in [-0.2, -0.15) is 4.98 Å². The van der Waals surface area contributed by atoms with Gasteiger partial charge in [0.15, 0.2) is 5.82 Å². The Bertz CT molecular complexity index is 1020. The lowest BCUT2D eigenvalue weighted by molar-refractivity contribution is -0.896. The van der Waals surface area contributed by atoms with Gasteiger partial charge in [-0.15, -0.1) is 0 Å². The predicted molar refractivity (Wildman–Crippen MR) is 135 cm³/mol. The quantitative estimate of drug-likeness (QED) is 0.428. The summed E-state index contributed by atoms with van der Waals surface area (Å²) in [7, 11) is 0. The van der Waals surface area contributed by atoms with Crippen LogP contribution in [-0.2, 0) is 0 Å². The Hall–Kier alpha value is -1.79. The lowest BCUT2D eigenvalue weighted by atomic mass is 10.1. The Morgan fingerprint density at radius 1 is 1.06 bits per heavy atom. The Labute approximate surface area is 198 Å². The van der Waals surface area contributed by atoms with Crippen molar-refractivity contribution in [2.45, 2.75) is 39.7 Å². The fourth-order valence-electron chi connectivity index (χ4n) is 3.72. The Balaban J connectivity index is 1.79. The van der Waals surface area contributed by atoms with Crippen LogP contribution in [0, 0.1) is 0 Å². The third kappa shape index (κ3) is 7.11. The molecule has 0 saturated carbocycles. The van der Waals surface area contributed by atoms with Crippen molar-refractivity contribution in [3.8, 4) is 0 Å².